The van der Waals surface area contributed by atoms with Crippen LogP contribution in [-0.2, 0) is 30.0 Å². The Bertz CT molecular complexity index is 1480. The van der Waals surface area contributed by atoms with Crippen molar-refractivity contribution in [1.82, 2.24) is 14.6 Å². The van der Waals surface area contributed by atoms with E-state index in [0.29, 0.717) is 17.9 Å². The van der Waals surface area contributed by atoms with E-state index in [1.807, 2.05) is 30.3 Å². The Morgan fingerprint density at radius 1 is 1.24 bits per heavy atom. The fourth-order valence-electron chi connectivity index (χ4n) is 4.70. The summed E-state index contributed by atoms with van der Waals surface area (Å²) in [6, 6.07) is 15.6. The maximum absolute atomic E-state index is 13.9. The molecule has 0 radical (unpaired) electrons. The second kappa shape index (κ2) is 11.9. The van der Waals surface area contributed by atoms with Crippen LogP contribution < -0.4 is 21.0 Å². The van der Waals surface area contributed by atoms with E-state index < -0.39 is 49.3 Å². The topological polar surface area (TPSA) is 164 Å². The molecule has 1 saturated heterocycles. The number of nitrogens with zero attached hydrogens (tertiary/aromatic N) is 2. The van der Waals surface area contributed by atoms with Gasteiger partial charge < -0.3 is 24.8 Å². The molecule has 2 aliphatic rings. The normalized spacial score (nSPS) is 23.0. The van der Waals surface area contributed by atoms with Gasteiger partial charge in [0, 0.05) is 16.6 Å². The first-order valence-electron chi connectivity index (χ1n) is 12.9. The minimum absolute atomic E-state index is 0.0276. The second-order valence-corrected chi connectivity index (χ2v) is 12.2. The third-order valence-corrected chi connectivity index (χ3v) is 8.94. The number of rotatable bonds is 11. The van der Waals surface area contributed by atoms with Crippen LogP contribution in [0.4, 0.5) is 5.82 Å². The number of esters is 1. The number of halogens is 1. The molecular weight excluding hydrogens is 575 g/mol. The van der Waals surface area contributed by atoms with E-state index in [2.05, 4.69) is 10.1 Å². The molecule has 14 heteroatoms. The van der Waals surface area contributed by atoms with E-state index in [9.17, 15) is 19.3 Å². The number of aliphatic hydroxyl groups is 1. The lowest BCUT2D eigenvalue weighted by Crippen LogP contribution is -2.37. The van der Waals surface area contributed by atoms with Crippen molar-refractivity contribution in [3.63, 3.8) is 0 Å². The molecular formula is C27H30ClN4O8P. The number of carbonyl (C=O) groups is 1. The largest absolute Gasteiger partial charge is 0.460 e. The van der Waals surface area contributed by atoms with Crippen LogP contribution in [0.5, 0.6) is 5.75 Å². The first-order valence-corrected chi connectivity index (χ1v) is 14.9. The number of aliphatic hydroxyl groups excluding tert-OH is 1. The summed E-state index contributed by atoms with van der Waals surface area (Å²) in [4.78, 5) is 28.9. The molecule has 1 unspecified atom stereocenters. The van der Waals surface area contributed by atoms with Crippen molar-refractivity contribution < 1.29 is 33.0 Å². The molecule has 0 amide bonds. The predicted octanol–water partition coefficient (Wildman–Crippen LogP) is 3.44. The molecule has 1 saturated carbocycles. The van der Waals surface area contributed by atoms with Crippen molar-refractivity contribution in [2.75, 3.05) is 12.3 Å². The molecule has 5 rings (SSSR count). The van der Waals surface area contributed by atoms with Gasteiger partial charge in [0.2, 0.25) is 0 Å². The fourth-order valence-corrected chi connectivity index (χ4v) is 6.32. The lowest BCUT2D eigenvalue weighted by atomic mass is 9.96. The van der Waals surface area contributed by atoms with E-state index in [-0.39, 0.29) is 24.8 Å². The highest BCUT2D eigenvalue weighted by Crippen LogP contribution is 2.62. The highest BCUT2D eigenvalue weighted by molar-refractivity contribution is 7.52. The van der Waals surface area contributed by atoms with Crippen LogP contribution in [0, 0.1) is 5.41 Å². The van der Waals surface area contributed by atoms with Gasteiger partial charge >= 0.3 is 19.4 Å². The number of carbonyl (C=O) groups excluding carboxylic acids is 1. The van der Waals surface area contributed by atoms with Crippen molar-refractivity contribution in [1.29, 1.82) is 0 Å². The van der Waals surface area contributed by atoms with Gasteiger partial charge in [-0.2, -0.15) is 10.1 Å². The lowest BCUT2D eigenvalue weighted by molar-refractivity contribution is -0.146. The summed E-state index contributed by atoms with van der Waals surface area (Å²) in [5.41, 5.74) is 5.06. The van der Waals surface area contributed by atoms with Gasteiger partial charge in [0.25, 0.3) is 0 Å². The van der Waals surface area contributed by atoms with Gasteiger partial charge in [-0.05, 0) is 55.7 Å². The predicted molar refractivity (Wildman–Crippen MR) is 149 cm³/mol. The summed E-state index contributed by atoms with van der Waals surface area (Å²) in [7, 11) is -4.25. The number of nitrogens with one attached hydrogen (secondary N) is 1. The van der Waals surface area contributed by atoms with E-state index in [1.165, 1.54) is 35.9 Å². The Morgan fingerprint density at radius 3 is 2.61 bits per heavy atom. The minimum Gasteiger partial charge on any atom is -0.460 e. The van der Waals surface area contributed by atoms with Gasteiger partial charge in [-0.1, -0.05) is 41.9 Å². The number of ether oxygens (including phenoxy) is 2. The van der Waals surface area contributed by atoms with Crippen molar-refractivity contribution in [2.45, 2.75) is 50.8 Å². The molecule has 1 aromatic heterocycles. The Balaban J connectivity index is 1.29. The number of nitrogens with two attached hydrogens (primary N) is 1. The van der Waals surface area contributed by atoms with Gasteiger partial charge in [-0.3, -0.25) is 13.9 Å². The van der Waals surface area contributed by atoms with Crippen LogP contribution in [-0.4, -0.2) is 45.5 Å². The summed E-state index contributed by atoms with van der Waals surface area (Å²) < 4.78 is 38.0. The van der Waals surface area contributed by atoms with Gasteiger partial charge in [0.1, 0.15) is 36.5 Å². The number of benzene rings is 2. The van der Waals surface area contributed by atoms with Crippen molar-refractivity contribution in [2.24, 2.45) is 5.41 Å². The lowest BCUT2D eigenvalue weighted by Gasteiger charge is -2.24. The van der Waals surface area contributed by atoms with Crippen LogP contribution in [0.15, 0.2) is 71.7 Å². The maximum atomic E-state index is 13.9. The number of aromatic nitrogens is 2. The van der Waals surface area contributed by atoms with E-state index in [0.717, 1.165) is 5.56 Å². The van der Waals surface area contributed by atoms with Crippen LogP contribution in [0.25, 0.3) is 0 Å². The van der Waals surface area contributed by atoms with Gasteiger partial charge in [0.15, 0.2) is 0 Å². The molecule has 1 spiro atoms. The molecule has 2 fully saturated rings. The molecule has 3 aromatic rings. The molecule has 218 valence electrons. The smallest absolute Gasteiger partial charge is 0.459 e. The Morgan fingerprint density at radius 2 is 1.95 bits per heavy atom. The maximum Gasteiger partial charge on any atom is 0.459 e. The summed E-state index contributed by atoms with van der Waals surface area (Å²) in [5, 5.41) is 14.2. The van der Waals surface area contributed by atoms with Gasteiger partial charge in [-0.25, -0.2) is 9.36 Å². The summed E-state index contributed by atoms with van der Waals surface area (Å²) in [5.74, 6) is -0.446. The third-order valence-electron chi connectivity index (χ3n) is 7.05. The molecule has 4 N–H and O–H groups in total. The second-order valence-electron chi connectivity index (χ2n) is 10.0. The molecule has 2 heterocycles. The third kappa shape index (κ3) is 6.64. The van der Waals surface area contributed by atoms with Crippen LogP contribution in [0.2, 0.25) is 5.02 Å². The quantitative estimate of drug-likeness (QED) is 0.217. The highest BCUT2D eigenvalue weighted by Gasteiger charge is 2.64. The Hall–Kier alpha value is -3.25. The van der Waals surface area contributed by atoms with Crippen LogP contribution in [0.1, 0.15) is 31.6 Å². The number of hydrogen-bond acceptors (Lipinski definition) is 10. The average Bonchev–Trinajstić information content (AvgIpc) is 3.71. The standard InChI is InChI=1S/C27H30ClN4O8P/c1-17(24(34)37-15-18-5-3-2-4-6-18)31-41(36,40-20-9-7-19(28)8-10-20)38-16-21-23(33)27(12-13-27)25(39-21)32-14-11-22(29)30-26(32)35/h2-11,14,17,21,23,25,33H,12-13,15-16H2,1H3,(H,31,36)(H2,29,30,35)/t17-,21+,23+,25+,41?/m0/s1. The van der Waals surface area contributed by atoms with Crippen LogP contribution in [0.3, 0.4) is 0 Å². The SMILES string of the molecule is C[C@H](NP(=O)(OC[C@H]1O[C@@H](n2ccc(N)nc2=O)C2(CC2)[C@@H]1O)Oc1ccc(Cl)cc1)C(=O)OCc1ccccc1. The van der Waals surface area contributed by atoms with Crippen LogP contribution >= 0.6 is 19.3 Å². The van der Waals surface area contributed by atoms with E-state index in [1.54, 1.807) is 12.1 Å². The van der Waals surface area contributed by atoms with Crippen molar-refractivity contribution >= 4 is 31.1 Å². The molecule has 1 aliphatic carbocycles. The zero-order valence-electron chi connectivity index (χ0n) is 22.1. The van der Waals surface area contributed by atoms with Gasteiger partial charge in [-0.15, -0.1) is 0 Å². The number of anilines is 1. The highest BCUT2D eigenvalue weighted by atomic mass is 35.5. The summed E-state index contributed by atoms with van der Waals surface area (Å²) in [6.45, 7) is 1.12. The van der Waals surface area contributed by atoms with Crippen molar-refractivity contribution in [3.05, 3.63) is 87.9 Å². The molecule has 2 aromatic carbocycles. The molecule has 5 atom stereocenters. The monoisotopic (exact) mass is 604 g/mol. The molecule has 41 heavy (non-hydrogen) atoms. The first-order chi connectivity index (χ1) is 19.6. The average molecular weight is 605 g/mol. The molecule has 1 aliphatic heterocycles. The first kappa shape index (κ1) is 29.2. The van der Waals surface area contributed by atoms with Crippen molar-refractivity contribution in [3.8, 4) is 5.75 Å². The zero-order chi connectivity index (χ0) is 29.2. The Kier molecular flexibility index (Phi) is 8.51. The minimum atomic E-state index is -4.25. The fraction of sp³-hybridized carbons (Fsp3) is 0.370. The molecule has 0 bridgehead atoms. The Labute approximate surface area is 240 Å². The number of hydrogen-bond donors (Lipinski definition) is 3. The van der Waals surface area contributed by atoms with E-state index >= 15 is 0 Å². The number of nitrogen functional groups attached to an aromatic ring is 1. The van der Waals surface area contributed by atoms with Gasteiger partial charge in [0.05, 0.1) is 12.7 Å². The summed E-state index contributed by atoms with van der Waals surface area (Å²) >= 11 is 5.96. The molecule has 12 nitrogen and oxygen atoms in total. The summed E-state index contributed by atoms with van der Waals surface area (Å²) in [6.07, 6.45) is -0.139. The van der Waals surface area contributed by atoms with E-state index in [4.69, 9.17) is 35.9 Å². The zero-order valence-corrected chi connectivity index (χ0v) is 23.7.